The lowest BCUT2D eigenvalue weighted by Gasteiger charge is -1.91. The summed E-state index contributed by atoms with van der Waals surface area (Å²) in [6.45, 7) is 0. The van der Waals surface area contributed by atoms with Crippen LogP contribution < -0.4 is 0 Å². The van der Waals surface area contributed by atoms with Gasteiger partial charge in [0.25, 0.3) is 5.91 Å². The molecule has 0 spiro atoms. The standard InChI is InChI=1S/C12H7IN3O2PS2/c13-19-12(20-6-10(17)15-18)14-11(16-19)9-5-7-3-1-2-4-8(7)21-9/h1-5H,6H2. The molecule has 0 saturated heterocycles. The molecule has 1 aromatic carbocycles. The monoisotopic (exact) mass is 447 g/mol. The van der Waals surface area contributed by atoms with Gasteiger partial charge in [0.1, 0.15) is 4.76 Å². The highest BCUT2D eigenvalue weighted by Crippen LogP contribution is 2.46. The number of nitroso groups, excluding NO2 is 1. The maximum Gasteiger partial charge on any atom is 0.296 e. The Morgan fingerprint density at radius 2 is 2.24 bits per heavy atom. The number of rotatable bonds is 4. The Morgan fingerprint density at radius 1 is 1.43 bits per heavy atom. The molecule has 2 heterocycles. The van der Waals surface area contributed by atoms with Gasteiger partial charge in [-0.05, 0) is 17.5 Å². The summed E-state index contributed by atoms with van der Waals surface area (Å²) in [5.41, 5.74) is 0. The third-order valence-corrected chi connectivity index (χ3v) is 9.15. The molecular formula is C12H7IN3O2PS2. The zero-order chi connectivity index (χ0) is 14.8. The lowest BCUT2D eigenvalue weighted by molar-refractivity contribution is -0.115. The lowest BCUT2D eigenvalue weighted by atomic mass is 10.2. The van der Waals surface area contributed by atoms with E-state index >= 15 is 0 Å². The number of thiophene rings is 1. The Hall–Kier alpha value is -0.830. The highest BCUT2D eigenvalue weighted by atomic mass is 127. The Balaban J connectivity index is 1.89. The van der Waals surface area contributed by atoms with E-state index in [1.807, 2.05) is 12.1 Å². The molecule has 0 aliphatic carbocycles. The van der Waals surface area contributed by atoms with Crippen LogP contribution in [-0.4, -0.2) is 21.4 Å². The molecule has 0 aliphatic heterocycles. The predicted molar refractivity (Wildman–Crippen MR) is 96.5 cm³/mol. The van der Waals surface area contributed by atoms with Crippen LogP contribution in [0.15, 0.2) is 40.3 Å². The van der Waals surface area contributed by atoms with E-state index in [1.165, 1.54) is 21.8 Å². The van der Waals surface area contributed by atoms with E-state index in [0.29, 0.717) is 5.82 Å². The van der Waals surface area contributed by atoms with Crippen molar-refractivity contribution in [3.05, 3.63) is 35.2 Å². The average Bonchev–Trinajstić information content (AvgIpc) is 3.08. The van der Waals surface area contributed by atoms with E-state index < -0.39 is 11.2 Å². The SMILES string of the molecule is O=NC(=O)CSc1nc(-c2cc3ccccc3s2)np1I. The van der Waals surface area contributed by atoms with Gasteiger partial charge in [-0.1, -0.05) is 30.0 Å². The summed E-state index contributed by atoms with van der Waals surface area (Å²) in [5, 5.41) is 2.79. The van der Waals surface area contributed by atoms with E-state index in [4.69, 9.17) is 0 Å². The Kier molecular flexibility index (Phi) is 4.68. The van der Waals surface area contributed by atoms with Crippen molar-refractivity contribution in [3.8, 4) is 10.7 Å². The molecular weight excluding hydrogens is 440 g/mol. The van der Waals surface area contributed by atoms with Crippen molar-refractivity contribution in [1.82, 2.24) is 9.73 Å². The van der Waals surface area contributed by atoms with Gasteiger partial charge in [-0.25, -0.2) is 9.73 Å². The highest BCUT2D eigenvalue weighted by molar-refractivity contribution is 14.2. The molecule has 0 bridgehead atoms. The Bertz CT molecular complexity index is 800. The van der Waals surface area contributed by atoms with E-state index in [9.17, 15) is 9.70 Å². The molecule has 2 aromatic heterocycles. The number of nitrogens with zero attached hydrogens (tertiary/aromatic N) is 3. The van der Waals surface area contributed by atoms with E-state index in [0.717, 1.165) is 9.63 Å². The van der Waals surface area contributed by atoms with Crippen molar-refractivity contribution < 1.29 is 4.79 Å². The van der Waals surface area contributed by atoms with E-state index in [2.05, 4.69) is 55.1 Å². The van der Waals surface area contributed by atoms with Crippen LogP contribution in [0.5, 0.6) is 0 Å². The van der Waals surface area contributed by atoms with Crippen LogP contribution in [0.1, 0.15) is 0 Å². The van der Waals surface area contributed by atoms with Gasteiger partial charge in [0, 0.05) is 31.9 Å². The number of halogens is 1. The zero-order valence-corrected chi connectivity index (χ0v) is 15.1. The normalized spacial score (nSPS) is 11.8. The number of carbonyl (C=O) groups is 1. The fraction of sp³-hybridized carbons (Fsp3) is 0.0833. The van der Waals surface area contributed by atoms with Crippen LogP contribution in [0, 0.1) is 4.91 Å². The van der Waals surface area contributed by atoms with Crippen molar-refractivity contribution in [2.45, 2.75) is 4.76 Å². The molecule has 0 radical (unpaired) electrons. The second kappa shape index (κ2) is 6.51. The summed E-state index contributed by atoms with van der Waals surface area (Å²) in [6.07, 6.45) is 0. The first-order valence-electron chi connectivity index (χ1n) is 5.78. The van der Waals surface area contributed by atoms with E-state index in [-0.39, 0.29) is 5.75 Å². The maximum atomic E-state index is 11.0. The van der Waals surface area contributed by atoms with E-state index in [1.54, 1.807) is 11.3 Å². The van der Waals surface area contributed by atoms with Crippen molar-refractivity contribution in [3.63, 3.8) is 0 Å². The van der Waals surface area contributed by atoms with Crippen LogP contribution in [0.25, 0.3) is 20.8 Å². The van der Waals surface area contributed by atoms with Gasteiger partial charge in [-0.3, -0.25) is 4.79 Å². The molecule has 106 valence electrons. The van der Waals surface area contributed by atoms with Crippen LogP contribution in [0.3, 0.4) is 0 Å². The molecule has 5 nitrogen and oxygen atoms in total. The minimum Gasteiger partial charge on any atom is -0.268 e. The number of benzene rings is 1. The molecule has 3 aromatic rings. The number of thioether (sulfide) groups is 1. The Morgan fingerprint density at radius 3 is 3.00 bits per heavy atom. The largest absolute Gasteiger partial charge is 0.296 e. The first-order valence-corrected chi connectivity index (χ1v) is 11.7. The first kappa shape index (κ1) is 15.1. The summed E-state index contributed by atoms with van der Waals surface area (Å²) in [6, 6.07) is 10.2. The van der Waals surface area contributed by atoms with Gasteiger partial charge in [0.2, 0.25) is 0 Å². The summed E-state index contributed by atoms with van der Waals surface area (Å²) in [5.74, 6) is 0.0721. The van der Waals surface area contributed by atoms with Crippen LogP contribution >= 0.6 is 50.5 Å². The van der Waals surface area contributed by atoms with Gasteiger partial charge in [-0.15, -0.1) is 16.2 Å². The lowest BCUT2D eigenvalue weighted by Crippen LogP contribution is -1.94. The second-order valence-corrected chi connectivity index (χ2v) is 10.2. The van der Waals surface area contributed by atoms with Gasteiger partial charge < -0.3 is 0 Å². The molecule has 3 rings (SSSR count). The second-order valence-electron chi connectivity index (χ2n) is 4.00. The third kappa shape index (κ3) is 3.33. The molecule has 1 unspecified atom stereocenters. The fourth-order valence-electron chi connectivity index (χ4n) is 1.71. The molecule has 1 amide bonds. The maximum absolute atomic E-state index is 11.0. The van der Waals surface area contributed by atoms with Gasteiger partial charge in [-0.2, -0.15) is 0 Å². The summed E-state index contributed by atoms with van der Waals surface area (Å²) >= 11 is 5.12. The fourth-order valence-corrected chi connectivity index (χ4v) is 6.75. The number of fused-ring (bicyclic) bond motifs is 1. The van der Waals surface area contributed by atoms with Gasteiger partial charge in [0.15, 0.2) is 5.82 Å². The molecule has 0 aliphatic rings. The quantitative estimate of drug-likeness (QED) is 0.322. The minimum absolute atomic E-state index is 0.0272. The predicted octanol–water partition coefficient (Wildman–Crippen LogP) is 4.93. The highest BCUT2D eigenvalue weighted by Gasteiger charge is 2.15. The number of aromatic nitrogens is 2. The minimum atomic E-state index is -0.775. The van der Waals surface area contributed by atoms with Crippen LogP contribution in [0.4, 0.5) is 0 Å². The van der Waals surface area contributed by atoms with Gasteiger partial charge in [0.05, 0.1) is 16.0 Å². The van der Waals surface area contributed by atoms with Gasteiger partial charge >= 0.3 is 0 Å². The smallest absolute Gasteiger partial charge is 0.268 e. The van der Waals surface area contributed by atoms with Crippen molar-refractivity contribution >= 4 is 66.5 Å². The zero-order valence-electron chi connectivity index (χ0n) is 10.4. The summed E-state index contributed by atoms with van der Waals surface area (Å²) in [4.78, 5) is 26.6. The molecule has 21 heavy (non-hydrogen) atoms. The molecule has 0 N–H and O–H groups in total. The molecule has 1 atom stereocenters. The molecule has 0 saturated carbocycles. The van der Waals surface area contributed by atoms with Crippen molar-refractivity contribution in [2.75, 3.05) is 5.75 Å². The van der Waals surface area contributed by atoms with Crippen LogP contribution in [0.2, 0.25) is 0 Å². The molecule has 9 heteroatoms. The van der Waals surface area contributed by atoms with Crippen LogP contribution in [-0.2, 0) is 4.79 Å². The number of hydrogen-bond acceptors (Lipinski definition) is 6. The summed E-state index contributed by atoms with van der Waals surface area (Å²) < 4.78 is 6.57. The van der Waals surface area contributed by atoms with Crippen molar-refractivity contribution in [2.24, 2.45) is 5.18 Å². The number of amides is 1. The Labute approximate surface area is 142 Å². The number of hydrogen-bond donors (Lipinski definition) is 0. The number of carbonyl (C=O) groups excluding carboxylic acids is 1. The van der Waals surface area contributed by atoms with Crippen molar-refractivity contribution in [1.29, 1.82) is 0 Å². The summed E-state index contributed by atoms with van der Waals surface area (Å²) in [7, 11) is 0. The average molecular weight is 447 g/mol. The third-order valence-electron chi connectivity index (χ3n) is 2.61. The first-order chi connectivity index (χ1) is 10.2. The topological polar surface area (TPSA) is 72.3 Å². The molecule has 0 fully saturated rings.